The largest absolute Gasteiger partial charge is 0.467 e. The van der Waals surface area contributed by atoms with Crippen molar-refractivity contribution in [2.24, 2.45) is 0 Å². The third-order valence-corrected chi connectivity index (χ3v) is 0.696. The molecule has 0 bridgehead atoms. The van der Waals surface area contributed by atoms with Crippen LogP contribution in [-0.2, 0) is 9.53 Å². The number of carbonyl (C=O) groups excluding carboxylic acids is 1. The Labute approximate surface area is 52.0 Å². The smallest absolute Gasteiger partial charge is 0.332 e. The normalized spacial score (nSPS) is 8.25. The lowest BCUT2D eigenvalue weighted by molar-refractivity contribution is -0.136. The lowest BCUT2D eigenvalue weighted by Gasteiger charge is -1.96. The summed E-state index contributed by atoms with van der Waals surface area (Å²) in [5, 5.41) is 0. The molecule has 0 aliphatic carbocycles. The van der Waals surface area contributed by atoms with Gasteiger partial charge in [-0.05, 0) is 6.92 Å². The molecule has 43 valence electrons. The second-order valence-electron chi connectivity index (χ2n) is 1.36. The molecule has 0 rings (SSSR count). The van der Waals surface area contributed by atoms with Crippen LogP contribution in [-0.4, -0.2) is 22.4 Å². The molecule has 0 aliphatic heterocycles. The number of hydrogen-bond donors (Lipinski definition) is 0. The van der Waals surface area contributed by atoms with Gasteiger partial charge in [0.15, 0.2) is 0 Å². The van der Waals surface area contributed by atoms with Crippen LogP contribution < -0.4 is 0 Å². The van der Waals surface area contributed by atoms with E-state index in [-0.39, 0.29) is 12.2 Å². The molecule has 0 aliphatic rings. The Kier molecular flexibility index (Phi) is 3.19. The minimum absolute atomic E-state index is 0.228. The van der Waals surface area contributed by atoms with Gasteiger partial charge in [-0.25, -0.2) is 4.79 Å². The van der Waals surface area contributed by atoms with E-state index in [1.54, 1.807) is 6.92 Å². The molecule has 2 nitrogen and oxygen atoms in total. The third-order valence-electron chi connectivity index (χ3n) is 0.552. The zero-order valence-electron chi connectivity index (χ0n) is 4.73. The molecule has 0 unspecified atom stereocenters. The first-order chi connectivity index (χ1) is 3.68. The summed E-state index contributed by atoms with van der Waals surface area (Å²) >= 11 is 0. The molecule has 0 amide bonds. The van der Waals surface area contributed by atoms with Crippen molar-refractivity contribution in [3.8, 4) is 0 Å². The molecule has 0 N–H and O–H groups in total. The van der Waals surface area contributed by atoms with Crippen molar-refractivity contribution in [2.75, 3.05) is 6.23 Å². The molecule has 0 aromatic carbocycles. The zero-order chi connectivity index (χ0) is 6.57. The van der Waals surface area contributed by atoms with Gasteiger partial charge in [0.05, 0.1) is 16.5 Å². The fraction of sp³-hybridized carbons (Fsp3) is 0.400. The molecular weight excluding hydrogens is 120 g/mol. The summed E-state index contributed by atoms with van der Waals surface area (Å²) in [7, 11) is 2.98. The van der Waals surface area contributed by atoms with Crippen molar-refractivity contribution in [3.05, 3.63) is 12.2 Å². The van der Waals surface area contributed by atoms with Crippen LogP contribution in [0.2, 0.25) is 0 Å². The molecule has 0 atom stereocenters. The predicted octanol–water partition coefficient (Wildman–Crippen LogP) is 0.232. The molecule has 0 saturated carbocycles. The molecule has 3 radical (unpaired) electrons. The fourth-order valence-electron chi connectivity index (χ4n) is 0.189. The second kappa shape index (κ2) is 3.43. The van der Waals surface area contributed by atoms with Crippen LogP contribution >= 0.6 is 0 Å². The second-order valence-corrected chi connectivity index (χ2v) is 1.65. The maximum atomic E-state index is 10.4. The summed E-state index contributed by atoms with van der Waals surface area (Å²) in [6.07, 6.45) is 0.228. The van der Waals surface area contributed by atoms with E-state index in [0.29, 0.717) is 5.57 Å². The molecule has 8 heavy (non-hydrogen) atoms. The Morgan fingerprint density at radius 2 is 2.38 bits per heavy atom. The average molecular weight is 127 g/mol. The zero-order valence-corrected chi connectivity index (χ0v) is 5.73. The van der Waals surface area contributed by atoms with E-state index in [9.17, 15) is 4.79 Å². The van der Waals surface area contributed by atoms with Crippen LogP contribution in [0.15, 0.2) is 12.2 Å². The van der Waals surface area contributed by atoms with E-state index in [1.165, 1.54) is 0 Å². The molecule has 0 aromatic heterocycles. The summed E-state index contributed by atoms with van der Waals surface area (Å²) in [6, 6.07) is 0. The van der Waals surface area contributed by atoms with E-state index in [1.807, 2.05) is 0 Å². The van der Waals surface area contributed by atoms with Gasteiger partial charge in [-0.3, -0.25) is 0 Å². The van der Waals surface area contributed by atoms with Gasteiger partial charge in [-0.15, -0.1) is 0 Å². The van der Waals surface area contributed by atoms with Gasteiger partial charge in [0.25, 0.3) is 0 Å². The van der Waals surface area contributed by atoms with Crippen molar-refractivity contribution in [3.63, 3.8) is 0 Å². The Balaban J connectivity index is 3.49. The van der Waals surface area contributed by atoms with Crippen molar-refractivity contribution in [1.29, 1.82) is 0 Å². The van der Waals surface area contributed by atoms with Crippen LogP contribution in [0.25, 0.3) is 0 Å². The Bertz CT molecular complexity index is 109. The topological polar surface area (TPSA) is 26.3 Å². The van der Waals surface area contributed by atoms with Gasteiger partial charge in [0.1, 0.15) is 0 Å². The lowest BCUT2D eigenvalue weighted by atomic mass is 10.4. The standard InChI is InChI=1S/C5H7O2Si/c1-4(2)5(6)7-3-8/h1,3H2,2H3. The molecule has 0 aromatic rings. The molecule has 0 saturated heterocycles. The van der Waals surface area contributed by atoms with E-state index in [4.69, 9.17) is 0 Å². The van der Waals surface area contributed by atoms with Crippen molar-refractivity contribution in [2.45, 2.75) is 6.92 Å². The van der Waals surface area contributed by atoms with Gasteiger partial charge >= 0.3 is 5.97 Å². The summed E-state index contributed by atoms with van der Waals surface area (Å²) in [6.45, 7) is 4.98. The quantitative estimate of drug-likeness (QED) is 0.301. The Morgan fingerprint density at radius 3 is 2.50 bits per heavy atom. The highest BCUT2D eigenvalue weighted by atomic mass is 28.1. The number of rotatable bonds is 2. The van der Waals surface area contributed by atoms with Gasteiger partial charge in [-0.1, -0.05) is 6.58 Å². The molecule has 0 fully saturated rings. The maximum Gasteiger partial charge on any atom is 0.332 e. The predicted molar refractivity (Wildman–Crippen MR) is 31.5 cm³/mol. The Hall–Kier alpha value is -0.573. The van der Waals surface area contributed by atoms with E-state index in [2.05, 4.69) is 21.6 Å². The summed E-state index contributed by atoms with van der Waals surface area (Å²) in [5.41, 5.74) is 0.420. The molecule has 0 spiro atoms. The lowest BCUT2D eigenvalue weighted by Crippen LogP contribution is -2.05. The first-order valence-electron chi connectivity index (χ1n) is 2.15. The number of hydrogen-bond acceptors (Lipinski definition) is 2. The van der Waals surface area contributed by atoms with Crippen LogP contribution in [0.3, 0.4) is 0 Å². The molecule has 3 heteroatoms. The maximum absolute atomic E-state index is 10.4. The van der Waals surface area contributed by atoms with Crippen LogP contribution in [0.4, 0.5) is 0 Å². The van der Waals surface area contributed by atoms with Gasteiger partial charge in [0, 0.05) is 5.57 Å². The first-order valence-corrected chi connectivity index (χ1v) is 2.86. The summed E-state index contributed by atoms with van der Waals surface area (Å²) in [5.74, 6) is -0.361. The first kappa shape index (κ1) is 7.43. The third kappa shape index (κ3) is 2.57. The monoisotopic (exact) mass is 127 g/mol. The number of ether oxygens (including phenoxy) is 1. The number of carbonyl (C=O) groups is 1. The van der Waals surface area contributed by atoms with E-state index >= 15 is 0 Å². The molecule has 0 heterocycles. The van der Waals surface area contributed by atoms with Crippen LogP contribution in [0.1, 0.15) is 6.92 Å². The highest BCUT2D eigenvalue weighted by Crippen LogP contribution is 1.88. The minimum Gasteiger partial charge on any atom is -0.467 e. The number of esters is 1. The van der Waals surface area contributed by atoms with Crippen molar-refractivity contribution < 1.29 is 9.53 Å². The van der Waals surface area contributed by atoms with Gasteiger partial charge in [0.2, 0.25) is 0 Å². The Morgan fingerprint density at radius 1 is 1.88 bits per heavy atom. The highest BCUT2D eigenvalue weighted by molar-refractivity contribution is 6.09. The minimum atomic E-state index is -0.361. The van der Waals surface area contributed by atoms with Crippen molar-refractivity contribution in [1.82, 2.24) is 0 Å². The molecular formula is C5H7O2Si. The fourth-order valence-corrected chi connectivity index (χ4v) is 0.320. The average Bonchev–Trinajstić information content (AvgIpc) is 1.67. The van der Waals surface area contributed by atoms with Gasteiger partial charge in [-0.2, -0.15) is 0 Å². The highest BCUT2D eigenvalue weighted by Gasteiger charge is 1.98. The van der Waals surface area contributed by atoms with Crippen molar-refractivity contribution >= 4 is 16.2 Å². The van der Waals surface area contributed by atoms with Crippen LogP contribution in [0.5, 0.6) is 0 Å². The SMILES string of the molecule is C=C(C)C(=O)OC[Si]. The van der Waals surface area contributed by atoms with E-state index in [0.717, 1.165) is 0 Å². The summed E-state index contributed by atoms with van der Waals surface area (Å²) < 4.78 is 4.48. The van der Waals surface area contributed by atoms with Crippen LogP contribution in [0, 0.1) is 0 Å². The summed E-state index contributed by atoms with van der Waals surface area (Å²) in [4.78, 5) is 10.4. The van der Waals surface area contributed by atoms with E-state index < -0.39 is 0 Å². The van der Waals surface area contributed by atoms with Gasteiger partial charge < -0.3 is 4.74 Å².